The molecule has 2 aromatic rings. The van der Waals surface area contributed by atoms with Crippen molar-refractivity contribution in [2.75, 3.05) is 6.61 Å². The van der Waals surface area contributed by atoms with E-state index in [9.17, 15) is 4.79 Å². The molecule has 0 aromatic carbocycles. The van der Waals surface area contributed by atoms with Crippen molar-refractivity contribution in [3.05, 3.63) is 29.6 Å². The molecule has 3 heterocycles. The summed E-state index contributed by atoms with van der Waals surface area (Å²) in [5, 5.41) is 6.60. The van der Waals surface area contributed by atoms with E-state index in [2.05, 4.69) is 20.4 Å². The van der Waals surface area contributed by atoms with Crippen LogP contribution in [0.25, 0.3) is 0 Å². The van der Waals surface area contributed by atoms with Gasteiger partial charge in [-0.15, -0.1) is 0 Å². The Bertz CT molecular complexity index is 670. The summed E-state index contributed by atoms with van der Waals surface area (Å²) >= 11 is 0. The largest absolute Gasteiger partial charge is 0.447 e. The van der Waals surface area contributed by atoms with E-state index in [1.54, 1.807) is 0 Å². The number of nitrogens with zero attached hydrogens (tertiary/aromatic N) is 3. The van der Waals surface area contributed by atoms with Crippen molar-refractivity contribution in [3.63, 3.8) is 0 Å². The summed E-state index contributed by atoms with van der Waals surface area (Å²) in [4.78, 5) is 20.4. The monoisotopic (exact) mass is 304 g/mol. The fourth-order valence-corrected chi connectivity index (χ4v) is 2.55. The summed E-state index contributed by atoms with van der Waals surface area (Å²) in [5.74, 6) is 1.63. The number of hydrogen-bond acceptors (Lipinski definition) is 7. The predicted molar refractivity (Wildman–Crippen MR) is 71.9 cm³/mol. The fraction of sp³-hybridized carbons (Fsp3) is 0.571. The van der Waals surface area contributed by atoms with Gasteiger partial charge in [0, 0.05) is 12.5 Å². The van der Waals surface area contributed by atoms with Crippen LogP contribution in [0.2, 0.25) is 0 Å². The molecule has 1 N–H and O–H groups in total. The maximum absolute atomic E-state index is 12.2. The van der Waals surface area contributed by atoms with Crippen molar-refractivity contribution in [1.29, 1.82) is 0 Å². The van der Waals surface area contributed by atoms with Gasteiger partial charge in [0.15, 0.2) is 17.9 Å². The second-order valence-electron chi connectivity index (χ2n) is 5.57. The van der Waals surface area contributed by atoms with Gasteiger partial charge in [0.2, 0.25) is 0 Å². The molecule has 1 amide bonds. The third-order valence-corrected chi connectivity index (χ3v) is 3.85. The van der Waals surface area contributed by atoms with E-state index in [1.165, 1.54) is 6.39 Å². The molecule has 8 heteroatoms. The number of carbonyl (C=O) groups is 1. The first-order valence-electron chi connectivity index (χ1n) is 7.47. The zero-order valence-corrected chi connectivity index (χ0v) is 11.9. The molecule has 1 saturated heterocycles. The number of aromatic nitrogens is 3. The second-order valence-corrected chi connectivity index (χ2v) is 5.57. The predicted octanol–water partition coefficient (Wildman–Crippen LogP) is 1.72. The Morgan fingerprint density at radius 3 is 3.05 bits per heavy atom. The van der Waals surface area contributed by atoms with Crippen molar-refractivity contribution in [1.82, 2.24) is 20.4 Å². The Morgan fingerprint density at radius 2 is 2.27 bits per heavy atom. The highest BCUT2D eigenvalue weighted by Crippen LogP contribution is 2.41. The molecular weight excluding hydrogens is 288 g/mol. The van der Waals surface area contributed by atoms with Crippen molar-refractivity contribution in [2.24, 2.45) is 0 Å². The lowest BCUT2D eigenvalue weighted by atomic mass is 10.2. The average molecular weight is 304 g/mol. The Balaban J connectivity index is 1.37. The highest BCUT2D eigenvalue weighted by molar-refractivity contribution is 5.93. The highest BCUT2D eigenvalue weighted by Gasteiger charge is 2.32. The lowest BCUT2D eigenvalue weighted by Gasteiger charge is -2.01. The van der Waals surface area contributed by atoms with Gasteiger partial charge in [-0.05, 0) is 25.7 Å². The fourth-order valence-electron chi connectivity index (χ4n) is 2.55. The van der Waals surface area contributed by atoms with Crippen LogP contribution in [0, 0.1) is 0 Å². The number of ether oxygens (including phenoxy) is 1. The van der Waals surface area contributed by atoms with Crippen LogP contribution in [0.5, 0.6) is 0 Å². The van der Waals surface area contributed by atoms with Crippen molar-refractivity contribution >= 4 is 5.91 Å². The highest BCUT2D eigenvalue weighted by atomic mass is 16.5. The molecule has 0 radical (unpaired) electrons. The minimum Gasteiger partial charge on any atom is -0.447 e. The molecule has 1 atom stereocenters. The summed E-state index contributed by atoms with van der Waals surface area (Å²) in [5.41, 5.74) is 0.352. The number of rotatable bonds is 5. The Labute approximate surface area is 126 Å². The Hall–Kier alpha value is -2.22. The van der Waals surface area contributed by atoms with Crippen LogP contribution in [0.3, 0.4) is 0 Å². The maximum atomic E-state index is 12.2. The van der Waals surface area contributed by atoms with Crippen LogP contribution in [-0.4, -0.2) is 27.6 Å². The van der Waals surface area contributed by atoms with Crippen LogP contribution in [0.15, 0.2) is 15.3 Å². The van der Waals surface area contributed by atoms with Crippen molar-refractivity contribution in [3.8, 4) is 0 Å². The molecule has 1 aliphatic heterocycles. The van der Waals surface area contributed by atoms with E-state index in [0.29, 0.717) is 29.1 Å². The van der Waals surface area contributed by atoms with E-state index in [0.717, 1.165) is 32.3 Å². The van der Waals surface area contributed by atoms with Gasteiger partial charge in [0.25, 0.3) is 11.8 Å². The topological polar surface area (TPSA) is 103 Å². The summed E-state index contributed by atoms with van der Waals surface area (Å²) in [6, 6.07) is 0. The molecule has 1 aliphatic carbocycles. The van der Waals surface area contributed by atoms with Crippen LogP contribution in [0.4, 0.5) is 0 Å². The van der Waals surface area contributed by atoms with Gasteiger partial charge < -0.3 is 19.0 Å². The second kappa shape index (κ2) is 5.53. The average Bonchev–Trinajstić information content (AvgIpc) is 3.02. The van der Waals surface area contributed by atoms with Crippen LogP contribution < -0.4 is 5.32 Å². The Kier molecular flexibility index (Phi) is 3.38. The normalized spacial score (nSPS) is 21.2. The summed E-state index contributed by atoms with van der Waals surface area (Å²) < 4.78 is 15.9. The first-order chi connectivity index (χ1) is 10.8. The molecular formula is C14H16N4O4. The third kappa shape index (κ3) is 2.61. The molecule has 2 aliphatic rings. The SMILES string of the molecule is O=C(NCc1noc(C2CCCO2)n1)c1ncoc1C1CC1. The molecule has 22 heavy (non-hydrogen) atoms. The molecule has 0 spiro atoms. The van der Waals surface area contributed by atoms with Gasteiger partial charge in [-0.3, -0.25) is 4.79 Å². The van der Waals surface area contributed by atoms with E-state index in [4.69, 9.17) is 13.7 Å². The van der Waals surface area contributed by atoms with Gasteiger partial charge in [0.1, 0.15) is 11.9 Å². The van der Waals surface area contributed by atoms with Gasteiger partial charge in [-0.25, -0.2) is 4.98 Å². The summed E-state index contributed by atoms with van der Waals surface area (Å²) in [6.45, 7) is 0.904. The zero-order valence-electron chi connectivity index (χ0n) is 11.9. The van der Waals surface area contributed by atoms with Gasteiger partial charge in [0.05, 0.1) is 6.54 Å². The van der Waals surface area contributed by atoms with E-state index in [1.807, 2.05) is 0 Å². The summed E-state index contributed by atoms with van der Waals surface area (Å²) in [6.07, 6.45) is 5.17. The van der Waals surface area contributed by atoms with E-state index in [-0.39, 0.29) is 18.6 Å². The molecule has 4 rings (SSSR count). The lowest BCUT2D eigenvalue weighted by molar-refractivity contribution is 0.0835. The van der Waals surface area contributed by atoms with Crippen LogP contribution in [0.1, 0.15) is 65.7 Å². The van der Waals surface area contributed by atoms with Gasteiger partial charge in [-0.2, -0.15) is 4.98 Å². The third-order valence-electron chi connectivity index (χ3n) is 3.85. The first kappa shape index (κ1) is 13.4. The molecule has 8 nitrogen and oxygen atoms in total. The summed E-state index contributed by atoms with van der Waals surface area (Å²) in [7, 11) is 0. The standard InChI is InChI=1S/C14H16N4O4/c19-13(11-12(8-3-4-8)21-7-16-11)15-6-10-17-14(22-18-10)9-2-1-5-20-9/h7-9H,1-6H2,(H,15,19). The number of amides is 1. The van der Waals surface area contributed by atoms with Crippen LogP contribution >= 0.6 is 0 Å². The van der Waals surface area contributed by atoms with Crippen molar-refractivity contribution < 1.29 is 18.5 Å². The zero-order chi connectivity index (χ0) is 14.9. The molecule has 1 saturated carbocycles. The van der Waals surface area contributed by atoms with Gasteiger partial charge >= 0.3 is 0 Å². The van der Waals surface area contributed by atoms with Crippen LogP contribution in [-0.2, 0) is 11.3 Å². The molecule has 0 bridgehead atoms. The maximum Gasteiger partial charge on any atom is 0.273 e. The number of hydrogen-bond donors (Lipinski definition) is 1. The van der Waals surface area contributed by atoms with E-state index < -0.39 is 0 Å². The Morgan fingerprint density at radius 1 is 1.36 bits per heavy atom. The minimum atomic E-state index is -0.279. The number of nitrogens with one attached hydrogen (secondary N) is 1. The molecule has 2 fully saturated rings. The minimum absolute atomic E-state index is 0.117. The molecule has 116 valence electrons. The number of oxazole rings is 1. The quantitative estimate of drug-likeness (QED) is 0.896. The smallest absolute Gasteiger partial charge is 0.273 e. The molecule has 1 unspecified atom stereocenters. The first-order valence-corrected chi connectivity index (χ1v) is 7.47. The van der Waals surface area contributed by atoms with Crippen molar-refractivity contribution in [2.45, 2.75) is 44.2 Å². The lowest BCUT2D eigenvalue weighted by Crippen LogP contribution is -2.24. The van der Waals surface area contributed by atoms with Gasteiger partial charge in [-0.1, -0.05) is 5.16 Å². The number of carbonyl (C=O) groups excluding carboxylic acids is 1. The molecule has 2 aromatic heterocycles. The van der Waals surface area contributed by atoms with E-state index >= 15 is 0 Å².